The fraction of sp³-hybridized carbons (Fsp3) is 0. The Morgan fingerprint density at radius 2 is 1.88 bits per heavy atom. The van der Waals surface area contributed by atoms with Gasteiger partial charge in [-0.25, -0.2) is 4.79 Å². The summed E-state index contributed by atoms with van der Waals surface area (Å²) in [4.78, 5) is 11.5. The number of benzene rings is 1. The molecule has 5 nitrogen and oxygen atoms in total. The average molecular weight is 237 g/mol. The van der Waals surface area contributed by atoms with Crippen LogP contribution in [0.5, 0.6) is 0 Å². The van der Waals surface area contributed by atoms with Gasteiger partial charge in [-0.1, -0.05) is 11.6 Å². The van der Waals surface area contributed by atoms with Crippen LogP contribution >= 0.6 is 11.6 Å². The molecule has 0 aliphatic carbocycles. The van der Waals surface area contributed by atoms with E-state index in [0.717, 1.165) is 0 Å². The molecule has 0 atom stereocenters. The van der Waals surface area contributed by atoms with Crippen LogP contribution in [0.4, 0.5) is 16.2 Å². The molecule has 6 heteroatoms. The Morgan fingerprint density at radius 1 is 1.19 bits per heavy atom. The number of carbonyl (C=O) groups is 1. The van der Waals surface area contributed by atoms with Crippen molar-refractivity contribution in [2.45, 2.75) is 0 Å². The standard InChI is InChI=1S/C10H9ClN4O/c11-7-1-3-8(4-2-7)14-10(16)15-9-5-12-13-6-9/h1-6H,(H,12,13)(H2,14,15,16). The molecule has 82 valence electrons. The predicted molar refractivity (Wildman–Crippen MR) is 62.7 cm³/mol. The molecule has 0 bridgehead atoms. The van der Waals surface area contributed by atoms with Gasteiger partial charge < -0.3 is 10.6 Å². The van der Waals surface area contributed by atoms with Crippen LogP contribution in [-0.2, 0) is 0 Å². The minimum absolute atomic E-state index is 0.330. The molecule has 2 amide bonds. The summed E-state index contributed by atoms with van der Waals surface area (Å²) < 4.78 is 0. The normalized spacial score (nSPS) is 9.81. The van der Waals surface area contributed by atoms with Crippen LogP contribution in [0.25, 0.3) is 0 Å². The Morgan fingerprint density at radius 3 is 2.50 bits per heavy atom. The van der Waals surface area contributed by atoms with E-state index in [0.29, 0.717) is 16.4 Å². The zero-order valence-electron chi connectivity index (χ0n) is 8.20. The van der Waals surface area contributed by atoms with E-state index in [-0.39, 0.29) is 6.03 Å². The number of hydrogen-bond donors (Lipinski definition) is 3. The van der Waals surface area contributed by atoms with Gasteiger partial charge in [0.25, 0.3) is 0 Å². The molecule has 3 N–H and O–H groups in total. The van der Waals surface area contributed by atoms with Gasteiger partial charge in [0.1, 0.15) is 0 Å². The summed E-state index contributed by atoms with van der Waals surface area (Å²) in [5.74, 6) is 0. The zero-order valence-corrected chi connectivity index (χ0v) is 8.95. The van der Waals surface area contributed by atoms with Crippen LogP contribution in [0, 0.1) is 0 Å². The zero-order chi connectivity index (χ0) is 11.4. The molecule has 0 radical (unpaired) electrons. The lowest BCUT2D eigenvalue weighted by atomic mass is 10.3. The fourth-order valence-corrected chi connectivity index (χ4v) is 1.27. The van der Waals surface area contributed by atoms with E-state index < -0.39 is 0 Å². The van der Waals surface area contributed by atoms with Gasteiger partial charge in [0.2, 0.25) is 0 Å². The number of aromatic amines is 1. The van der Waals surface area contributed by atoms with E-state index in [1.807, 2.05) is 0 Å². The summed E-state index contributed by atoms with van der Waals surface area (Å²) in [6.07, 6.45) is 3.10. The second-order valence-electron chi connectivity index (χ2n) is 3.07. The lowest BCUT2D eigenvalue weighted by Gasteiger charge is -2.05. The van der Waals surface area contributed by atoms with Crippen molar-refractivity contribution in [2.24, 2.45) is 0 Å². The molecule has 16 heavy (non-hydrogen) atoms. The third-order valence-electron chi connectivity index (χ3n) is 1.86. The average Bonchev–Trinajstić information content (AvgIpc) is 2.74. The monoisotopic (exact) mass is 236 g/mol. The minimum atomic E-state index is -0.330. The highest BCUT2D eigenvalue weighted by molar-refractivity contribution is 6.30. The molecule has 0 fully saturated rings. The second kappa shape index (κ2) is 4.67. The maximum Gasteiger partial charge on any atom is 0.323 e. The van der Waals surface area contributed by atoms with Crippen molar-refractivity contribution in [3.63, 3.8) is 0 Å². The first-order valence-electron chi connectivity index (χ1n) is 4.56. The lowest BCUT2D eigenvalue weighted by Crippen LogP contribution is -2.18. The van der Waals surface area contributed by atoms with Gasteiger partial charge in [-0.3, -0.25) is 5.10 Å². The van der Waals surface area contributed by atoms with Crippen molar-refractivity contribution >= 4 is 29.0 Å². The van der Waals surface area contributed by atoms with Crippen molar-refractivity contribution in [1.29, 1.82) is 0 Å². The molecule has 0 unspecified atom stereocenters. The number of halogens is 1. The van der Waals surface area contributed by atoms with Gasteiger partial charge in [-0.15, -0.1) is 0 Å². The third kappa shape index (κ3) is 2.74. The first-order valence-corrected chi connectivity index (χ1v) is 4.94. The van der Waals surface area contributed by atoms with E-state index in [2.05, 4.69) is 20.8 Å². The van der Waals surface area contributed by atoms with E-state index in [1.165, 1.54) is 6.20 Å². The summed E-state index contributed by atoms with van der Waals surface area (Å²) in [6, 6.07) is 6.52. The Kier molecular flexibility index (Phi) is 3.07. The van der Waals surface area contributed by atoms with Crippen LogP contribution in [0.1, 0.15) is 0 Å². The SMILES string of the molecule is O=C(Nc1ccc(Cl)cc1)Nc1cn[nH]c1. The number of nitrogens with one attached hydrogen (secondary N) is 3. The molecule has 2 rings (SSSR count). The van der Waals surface area contributed by atoms with Crippen LogP contribution in [0.15, 0.2) is 36.7 Å². The third-order valence-corrected chi connectivity index (χ3v) is 2.11. The highest BCUT2D eigenvalue weighted by atomic mass is 35.5. The highest BCUT2D eigenvalue weighted by Crippen LogP contribution is 2.13. The van der Waals surface area contributed by atoms with Gasteiger partial charge >= 0.3 is 6.03 Å². The first-order chi connectivity index (χ1) is 7.74. The van der Waals surface area contributed by atoms with E-state index in [4.69, 9.17) is 11.6 Å². The molecule has 0 saturated heterocycles. The van der Waals surface area contributed by atoms with Gasteiger partial charge in [-0.05, 0) is 24.3 Å². The number of rotatable bonds is 2. The van der Waals surface area contributed by atoms with Crippen molar-refractivity contribution < 1.29 is 4.79 Å². The molecular weight excluding hydrogens is 228 g/mol. The molecule has 1 aromatic carbocycles. The quantitative estimate of drug-likeness (QED) is 0.750. The maximum absolute atomic E-state index is 11.5. The van der Waals surface area contributed by atoms with Gasteiger partial charge in [-0.2, -0.15) is 5.10 Å². The van der Waals surface area contributed by atoms with Crippen molar-refractivity contribution in [1.82, 2.24) is 10.2 Å². The molecule has 0 aliphatic heterocycles. The summed E-state index contributed by atoms with van der Waals surface area (Å²) in [7, 11) is 0. The Labute approximate surface area is 96.8 Å². The van der Waals surface area contributed by atoms with E-state index >= 15 is 0 Å². The van der Waals surface area contributed by atoms with E-state index in [1.54, 1.807) is 30.5 Å². The predicted octanol–water partition coefficient (Wildman–Crippen LogP) is 2.71. The van der Waals surface area contributed by atoms with Gasteiger partial charge in [0.15, 0.2) is 0 Å². The lowest BCUT2D eigenvalue weighted by molar-refractivity contribution is 0.262. The van der Waals surface area contributed by atoms with Crippen molar-refractivity contribution in [3.05, 3.63) is 41.7 Å². The second-order valence-corrected chi connectivity index (χ2v) is 3.51. The summed E-state index contributed by atoms with van der Waals surface area (Å²) in [6.45, 7) is 0. The van der Waals surface area contributed by atoms with Crippen LogP contribution in [-0.4, -0.2) is 16.2 Å². The fourth-order valence-electron chi connectivity index (χ4n) is 1.15. The number of aromatic nitrogens is 2. The topological polar surface area (TPSA) is 69.8 Å². The van der Waals surface area contributed by atoms with Gasteiger partial charge in [0.05, 0.1) is 11.9 Å². The van der Waals surface area contributed by atoms with E-state index in [9.17, 15) is 4.79 Å². The Bertz CT molecular complexity index is 466. The number of urea groups is 1. The number of anilines is 2. The maximum atomic E-state index is 11.5. The number of amides is 2. The van der Waals surface area contributed by atoms with Crippen LogP contribution in [0.3, 0.4) is 0 Å². The first kappa shape index (κ1) is 10.5. The number of hydrogen-bond acceptors (Lipinski definition) is 2. The Balaban J connectivity index is 1.95. The smallest absolute Gasteiger partial charge is 0.308 e. The summed E-state index contributed by atoms with van der Waals surface area (Å²) in [5, 5.41) is 12.2. The number of H-pyrrole nitrogens is 1. The molecule has 0 saturated carbocycles. The molecule has 1 heterocycles. The molecule has 0 aliphatic rings. The van der Waals surface area contributed by atoms with Crippen LogP contribution < -0.4 is 10.6 Å². The molecule has 1 aromatic heterocycles. The summed E-state index contributed by atoms with van der Waals surface area (Å²) >= 11 is 5.72. The number of nitrogens with zero attached hydrogens (tertiary/aromatic N) is 1. The molecular formula is C10H9ClN4O. The Hall–Kier alpha value is -2.01. The van der Waals surface area contributed by atoms with Crippen molar-refractivity contribution in [3.8, 4) is 0 Å². The van der Waals surface area contributed by atoms with Crippen LogP contribution in [0.2, 0.25) is 5.02 Å². The summed E-state index contributed by atoms with van der Waals surface area (Å²) in [5.41, 5.74) is 1.27. The molecule has 0 spiro atoms. The van der Waals surface area contributed by atoms with Gasteiger partial charge in [0, 0.05) is 16.9 Å². The van der Waals surface area contributed by atoms with Crippen molar-refractivity contribution in [2.75, 3.05) is 10.6 Å². The molecule has 2 aromatic rings. The largest absolute Gasteiger partial charge is 0.323 e. The highest BCUT2D eigenvalue weighted by Gasteiger charge is 2.02. The minimum Gasteiger partial charge on any atom is -0.308 e. The number of carbonyl (C=O) groups excluding carboxylic acids is 1.